The Morgan fingerprint density at radius 2 is 1.89 bits per heavy atom. The zero-order valence-electron chi connectivity index (χ0n) is 11.3. The lowest BCUT2D eigenvalue weighted by Gasteiger charge is -2.11. The van der Waals surface area contributed by atoms with Gasteiger partial charge in [0.25, 0.3) is 0 Å². The van der Waals surface area contributed by atoms with Crippen molar-refractivity contribution >= 4 is 15.5 Å². The number of anilines is 1. The first-order chi connectivity index (χ1) is 8.59. The van der Waals surface area contributed by atoms with Crippen LogP contribution in [-0.4, -0.2) is 26.5 Å². The van der Waals surface area contributed by atoms with Crippen LogP contribution in [-0.2, 0) is 16.3 Å². The van der Waals surface area contributed by atoms with Crippen LogP contribution >= 0.6 is 0 Å². The van der Waals surface area contributed by atoms with Crippen molar-refractivity contribution in [2.24, 2.45) is 0 Å². The van der Waals surface area contributed by atoms with E-state index in [2.05, 4.69) is 24.4 Å². The van der Waals surface area contributed by atoms with E-state index in [1.807, 2.05) is 12.1 Å². The Morgan fingerprint density at radius 3 is 2.56 bits per heavy atom. The Hall–Kier alpha value is -1.03. The first kappa shape index (κ1) is 15.0. The second-order valence-electron chi connectivity index (χ2n) is 4.42. The highest BCUT2D eigenvalue weighted by atomic mass is 32.2. The van der Waals surface area contributed by atoms with Crippen LogP contribution in [0, 0.1) is 0 Å². The van der Waals surface area contributed by atoms with E-state index in [-0.39, 0.29) is 11.5 Å². The molecule has 0 aromatic heterocycles. The van der Waals surface area contributed by atoms with Crippen molar-refractivity contribution in [3.63, 3.8) is 0 Å². The van der Waals surface area contributed by atoms with E-state index in [0.717, 1.165) is 18.5 Å². The van der Waals surface area contributed by atoms with Crippen LogP contribution in [0.3, 0.4) is 0 Å². The Balaban J connectivity index is 2.44. The number of aryl methyl sites for hydroxylation is 1. The lowest BCUT2D eigenvalue weighted by molar-refractivity contribution is 0.595. The van der Waals surface area contributed by atoms with E-state index in [1.165, 1.54) is 5.56 Å². The first-order valence-corrected chi connectivity index (χ1v) is 8.43. The normalized spacial score (nSPS) is 11.4. The molecule has 0 aliphatic heterocycles. The van der Waals surface area contributed by atoms with Crippen molar-refractivity contribution in [1.82, 2.24) is 0 Å². The van der Waals surface area contributed by atoms with Gasteiger partial charge in [-0.25, -0.2) is 8.42 Å². The second-order valence-corrected chi connectivity index (χ2v) is 6.90. The van der Waals surface area contributed by atoms with Crippen molar-refractivity contribution in [2.75, 3.05) is 23.4 Å². The largest absolute Gasteiger partial charge is 0.385 e. The van der Waals surface area contributed by atoms with E-state index in [1.54, 1.807) is 6.92 Å². The number of benzene rings is 1. The van der Waals surface area contributed by atoms with Gasteiger partial charge in [-0.15, -0.1) is 0 Å². The topological polar surface area (TPSA) is 46.2 Å². The fraction of sp³-hybridized carbons (Fsp3) is 0.571. The quantitative estimate of drug-likeness (QED) is 0.738. The summed E-state index contributed by atoms with van der Waals surface area (Å²) < 4.78 is 22.7. The van der Waals surface area contributed by atoms with Crippen LogP contribution < -0.4 is 5.32 Å². The van der Waals surface area contributed by atoms with Crippen LogP contribution in [0.25, 0.3) is 0 Å². The summed E-state index contributed by atoms with van der Waals surface area (Å²) in [6.45, 7) is 4.56. The van der Waals surface area contributed by atoms with Crippen LogP contribution in [0.4, 0.5) is 5.69 Å². The molecule has 0 fully saturated rings. The highest BCUT2D eigenvalue weighted by molar-refractivity contribution is 7.91. The number of rotatable bonds is 8. The van der Waals surface area contributed by atoms with E-state index in [0.29, 0.717) is 13.0 Å². The SMILES string of the molecule is CCCc1ccccc1NCCCS(=O)(=O)CC. The summed E-state index contributed by atoms with van der Waals surface area (Å²) in [5, 5.41) is 3.33. The number of nitrogens with one attached hydrogen (secondary N) is 1. The van der Waals surface area contributed by atoms with E-state index < -0.39 is 9.84 Å². The minimum atomic E-state index is -2.83. The lowest BCUT2D eigenvalue weighted by atomic mass is 10.1. The maximum Gasteiger partial charge on any atom is 0.150 e. The molecule has 0 radical (unpaired) electrons. The van der Waals surface area contributed by atoms with Gasteiger partial charge < -0.3 is 5.32 Å². The summed E-state index contributed by atoms with van der Waals surface area (Å²) in [4.78, 5) is 0. The van der Waals surface area contributed by atoms with Crippen molar-refractivity contribution in [1.29, 1.82) is 0 Å². The number of para-hydroxylation sites is 1. The zero-order chi connectivity index (χ0) is 13.4. The van der Waals surface area contributed by atoms with Gasteiger partial charge >= 0.3 is 0 Å². The smallest absolute Gasteiger partial charge is 0.150 e. The fourth-order valence-corrected chi connectivity index (χ4v) is 2.71. The second kappa shape index (κ2) is 7.41. The number of hydrogen-bond donors (Lipinski definition) is 1. The summed E-state index contributed by atoms with van der Waals surface area (Å²) in [5.74, 6) is 0.506. The standard InChI is InChI=1S/C14H23NO2S/c1-3-8-13-9-5-6-10-14(13)15-11-7-12-18(16,17)4-2/h5-6,9-10,15H,3-4,7-8,11-12H2,1-2H3. The highest BCUT2D eigenvalue weighted by Crippen LogP contribution is 2.16. The highest BCUT2D eigenvalue weighted by Gasteiger charge is 2.06. The monoisotopic (exact) mass is 269 g/mol. The van der Waals surface area contributed by atoms with E-state index in [9.17, 15) is 8.42 Å². The van der Waals surface area contributed by atoms with Gasteiger partial charge in [-0.3, -0.25) is 0 Å². The summed E-state index contributed by atoms with van der Waals surface area (Å²) in [7, 11) is -2.83. The molecule has 0 atom stereocenters. The third kappa shape index (κ3) is 5.08. The van der Waals surface area contributed by atoms with Gasteiger partial charge in [0.2, 0.25) is 0 Å². The molecule has 0 bridgehead atoms. The molecule has 0 aliphatic carbocycles. The maximum atomic E-state index is 11.4. The lowest BCUT2D eigenvalue weighted by Crippen LogP contribution is -2.13. The molecular weight excluding hydrogens is 246 g/mol. The molecular formula is C14H23NO2S. The molecule has 0 heterocycles. The van der Waals surface area contributed by atoms with Crippen molar-refractivity contribution in [3.8, 4) is 0 Å². The van der Waals surface area contributed by atoms with Gasteiger partial charge in [-0.1, -0.05) is 38.5 Å². The number of sulfone groups is 1. The van der Waals surface area contributed by atoms with Crippen molar-refractivity contribution < 1.29 is 8.42 Å². The predicted molar refractivity (Wildman–Crippen MR) is 77.9 cm³/mol. The average Bonchev–Trinajstić information content (AvgIpc) is 2.37. The third-order valence-corrected chi connectivity index (χ3v) is 4.71. The predicted octanol–water partition coefficient (Wildman–Crippen LogP) is 2.88. The fourth-order valence-electron chi connectivity index (χ4n) is 1.84. The van der Waals surface area contributed by atoms with Crippen LogP contribution in [0.1, 0.15) is 32.3 Å². The summed E-state index contributed by atoms with van der Waals surface area (Å²) >= 11 is 0. The van der Waals surface area contributed by atoms with Crippen molar-refractivity contribution in [3.05, 3.63) is 29.8 Å². The average molecular weight is 269 g/mol. The molecule has 1 aromatic carbocycles. The molecule has 0 aliphatic rings. The molecule has 1 aromatic rings. The van der Waals surface area contributed by atoms with Crippen LogP contribution in [0.5, 0.6) is 0 Å². The minimum Gasteiger partial charge on any atom is -0.385 e. The zero-order valence-corrected chi connectivity index (χ0v) is 12.1. The van der Waals surface area contributed by atoms with E-state index in [4.69, 9.17) is 0 Å². The molecule has 1 N–H and O–H groups in total. The molecule has 0 spiro atoms. The third-order valence-electron chi connectivity index (χ3n) is 2.92. The Labute approximate surface area is 111 Å². The molecule has 3 nitrogen and oxygen atoms in total. The maximum absolute atomic E-state index is 11.4. The van der Waals surface area contributed by atoms with Gasteiger partial charge in [0, 0.05) is 18.0 Å². The van der Waals surface area contributed by atoms with Gasteiger partial charge in [0.1, 0.15) is 9.84 Å². The Kier molecular flexibility index (Phi) is 6.19. The van der Waals surface area contributed by atoms with Gasteiger partial charge in [0.05, 0.1) is 5.75 Å². The summed E-state index contributed by atoms with van der Waals surface area (Å²) in [5.41, 5.74) is 2.44. The molecule has 1 rings (SSSR count). The van der Waals surface area contributed by atoms with Gasteiger partial charge in [-0.2, -0.15) is 0 Å². The minimum absolute atomic E-state index is 0.236. The molecule has 4 heteroatoms. The number of hydrogen-bond acceptors (Lipinski definition) is 3. The van der Waals surface area contributed by atoms with E-state index >= 15 is 0 Å². The Bertz CT molecular complexity index is 455. The molecule has 0 saturated heterocycles. The molecule has 18 heavy (non-hydrogen) atoms. The van der Waals surface area contributed by atoms with Crippen molar-refractivity contribution in [2.45, 2.75) is 33.1 Å². The molecule has 102 valence electrons. The van der Waals surface area contributed by atoms with Gasteiger partial charge in [-0.05, 0) is 24.5 Å². The van der Waals surface area contributed by atoms with Crippen LogP contribution in [0.15, 0.2) is 24.3 Å². The molecule has 0 saturated carbocycles. The summed E-state index contributed by atoms with van der Waals surface area (Å²) in [6, 6.07) is 8.22. The summed E-state index contributed by atoms with van der Waals surface area (Å²) in [6.07, 6.45) is 2.83. The Morgan fingerprint density at radius 1 is 1.17 bits per heavy atom. The first-order valence-electron chi connectivity index (χ1n) is 6.61. The molecule has 0 amide bonds. The van der Waals surface area contributed by atoms with Gasteiger partial charge in [0.15, 0.2) is 0 Å². The molecule has 0 unspecified atom stereocenters. The van der Waals surface area contributed by atoms with Crippen LogP contribution in [0.2, 0.25) is 0 Å².